The van der Waals surface area contributed by atoms with Crippen LogP contribution in [0.5, 0.6) is 6.01 Å². The first-order valence-corrected chi connectivity index (χ1v) is 6.99. The van der Waals surface area contributed by atoms with Crippen molar-refractivity contribution < 1.29 is 14.6 Å². The maximum atomic E-state index is 11.3. The van der Waals surface area contributed by atoms with Gasteiger partial charge in [-0.25, -0.2) is 15.0 Å². The smallest absolute Gasteiger partial charge is 0.319 e. The van der Waals surface area contributed by atoms with E-state index in [-0.39, 0.29) is 6.01 Å². The molecule has 0 aliphatic carbocycles. The average molecular weight is 305 g/mol. The van der Waals surface area contributed by atoms with Gasteiger partial charge in [-0.3, -0.25) is 4.79 Å². The number of thioether (sulfide) groups is 1. The van der Waals surface area contributed by atoms with Crippen molar-refractivity contribution in [2.45, 2.75) is 23.6 Å². The minimum atomic E-state index is -0.976. The topological polar surface area (TPSA) is 85.2 Å². The molecule has 2 heterocycles. The molecule has 0 spiro atoms. The summed E-state index contributed by atoms with van der Waals surface area (Å²) in [5.74, 6) is -0.893. The molecule has 1 N–H and O–H groups in total. The van der Waals surface area contributed by atoms with Crippen LogP contribution < -0.4 is 4.74 Å². The third-order valence-electron chi connectivity index (χ3n) is 2.76. The molecule has 0 aliphatic heterocycles. The van der Waals surface area contributed by atoms with Gasteiger partial charge in [0.25, 0.3) is 0 Å². The van der Waals surface area contributed by atoms with Gasteiger partial charge in [0.15, 0.2) is 0 Å². The van der Waals surface area contributed by atoms with Gasteiger partial charge in [-0.2, -0.15) is 0 Å². The fraction of sp³-hybridized carbons (Fsp3) is 0.286. The second kappa shape index (κ2) is 6.09. The number of ether oxygens (including phenoxy) is 1. The summed E-state index contributed by atoms with van der Waals surface area (Å²) >= 11 is 1.19. The van der Waals surface area contributed by atoms with E-state index in [0.29, 0.717) is 5.03 Å². The molecule has 0 unspecified atom stereocenters. The summed E-state index contributed by atoms with van der Waals surface area (Å²) in [6.45, 7) is 3.28. The first-order valence-electron chi connectivity index (χ1n) is 6.18. The number of aromatic nitrogens is 3. The van der Waals surface area contributed by atoms with Crippen LogP contribution in [0.3, 0.4) is 0 Å². The lowest BCUT2D eigenvalue weighted by Crippen LogP contribution is -2.27. The molecule has 0 bridgehead atoms. The molecule has 110 valence electrons. The van der Waals surface area contributed by atoms with Gasteiger partial charge in [0.05, 0.1) is 7.11 Å². The second-order valence-corrected chi connectivity index (χ2v) is 6.34. The van der Waals surface area contributed by atoms with Crippen LogP contribution in [-0.2, 0) is 4.79 Å². The number of pyridine rings is 1. The third kappa shape index (κ3) is 3.49. The zero-order valence-corrected chi connectivity index (χ0v) is 12.7. The van der Waals surface area contributed by atoms with Gasteiger partial charge >= 0.3 is 12.0 Å². The summed E-state index contributed by atoms with van der Waals surface area (Å²) in [5, 5.41) is 9.87. The van der Waals surface area contributed by atoms with Gasteiger partial charge in [0.2, 0.25) is 0 Å². The van der Waals surface area contributed by atoms with E-state index in [1.807, 2.05) is 6.07 Å². The van der Waals surface area contributed by atoms with Gasteiger partial charge in [0, 0.05) is 29.7 Å². The lowest BCUT2D eigenvalue weighted by atomic mass is 10.1. The van der Waals surface area contributed by atoms with Crippen molar-refractivity contribution in [2.75, 3.05) is 7.11 Å². The van der Waals surface area contributed by atoms with Crippen molar-refractivity contribution in [3.8, 4) is 17.1 Å². The fourth-order valence-electron chi connectivity index (χ4n) is 1.54. The number of carboxylic acids is 1. The van der Waals surface area contributed by atoms with E-state index in [0.717, 1.165) is 11.1 Å². The summed E-state index contributed by atoms with van der Waals surface area (Å²) in [6.07, 6.45) is 4.88. The lowest BCUT2D eigenvalue weighted by Gasteiger charge is -2.19. The third-order valence-corrected chi connectivity index (χ3v) is 3.96. The maximum Gasteiger partial charge on any atom is 0.319 e. The Kier molecular flexibility index (Phi) is 4.42. The molecule has 0 atom stereocenters. The van der Waals surface area contributed by atoms with Crippen molar-refractivity contribution in [1.29, 1.82) is 0 Å². The summed E-state index contributed by atoms with van der Waals surface area (Å²) in [6, 6.07) is 3.93. The molecule has 0 radical (unpaired) electrons. The zero-order valence-electron chi connectivity index (χ0n) is 11.9. The highest BCUT2D eigenvalue weighted by Crippen LogP contribution is 2.37. The number of carboxylic acid groups (broad SMARTS) is 1. The minimum absolute atomic E-state index is 0.280. The highest BCUT2D eigenvalue weighted by molar-refractivity contribution is 8.01. The van der Waals surface area contributed by atoms with Crippen LogP contribution in [0, 0.1) is 0 Å². The highest BCUT2D eigenvalue weighted by Gasteiger charge is 2.30. The van der Waals surface area contributed by atoms with Crippen molar-refractivity contribution in [3.05, 3.63) is 30.7 Å². The van der Waals surface area contributed by atoms with Gasteiger partial charge < -0.3 is 9.84 Å². The van der Waals surface area contributed by atoms with Crippen molar-refractivity contribution in [2.24, 2.45) is 0 Å². The minimum Gasteiger partial charge on any atom is -0.480 e. The Morgan fingerprint density at radius 1 is 1.29 bits per heavy atom. The summed E-state index contributed by atoms with van der Waals surface area (Å²) in [4.78, 5) is 23.7. The number of hydrogen-bond donors (Lipinski definition) is 1. The maximum absolute atomic E-state index is 11.3. The molecule has 0 fully saturated rings. The first kappa shape index (κ1) is 15.2. The van der Waals surface area contributed by atoms with Crippen LogP contribution in [0.2, 0.25) is 0 Å². The molecule has 6 nitrogen and oxygen atoms in total. The first-order chi connectivity index (χ1) is 9.94. The Morgan fingerprint density at radius 3 is 2.52 bits per heavy atom. The molecular weight excluding hydrogens is 290 g/mol. The number of nitrogens with zero attached hydrogens (tertiary/aromatic N) is 3. The van der Waals surface area contributed by atoms with Crippen LogP contribution in [0.4, 0.5) is 0 Å². The van der Waals surface area contributed by atoms with Gasteiger partial charge in [-0.1, -0.05) is 17.8 Å². The number of hydrogen-bond acceptors (Lipinski definition) is 6. The van der Waals surface area contributed by atoms with Crippen LogP contribution in [0.1, 0.15) is 13.8 Å². The Labute approximate surface area is 126 Å². The number of methoxy groups -OCH3 is 1. The van der Waals surface area contributed by atoms with Crippen LogP contribution in [0.25, 0.3) is 11.1 Å². The van der Waals surface area contributed by atoms with Crippen LogP contribution >= 0.6 is 11.8 Å². The fourth-order valence-corrected chi connectivity index (χ4v) is 2.52. The van der Waals surface area contributed by atoms with E-state index in [2.05, 4.69) is 15.0 Å². The summed E-state index contributed by atoms with van der Waals surface area (Å²) in [7, 11) is 1.50. The van der Waals surface area contributed by atoms with Crippen molar-refractivity contribution in [3.63, 3.8) is 0 Å². The molecule has 0 aliphatic rings. The summed E-state index contributed by atoms with van der Waals surface area (Å²) < 4.78 is 3.95. The predicted octanol–water partition coefficient (Wildman–Crippen LogP) is 2.50. The van der Waals surface area contributed by atoms with Crippen molar-refractivity contribution in [1.82, 2.24) is 15.0 Å². The van der Waals surface area contributed by atoms with Gasteiger partial charge in [-0.05, 0) is 19.9 Å². The van der Waals surface area contributed by atoms with E-state index in [1.165, 1.54) is 18.9 Å². The highest BCUT2D eigenvalue weighted by atomic mass is 32.2. The monoisotopic (exact) mass is 305 g/mol. The Bertz CT molecular complexity index is 644. The Hall–Kier alpha value is -2.15. The van der Waals surface area contributed by atoms with Gasteiger partial charge in [0.1, 0.15) is 9.77 Å². The molecule has 0 aromatic carbocycles. The average Bonchev–Trinajstić information content (AvgIpc) is 2.47. The Balaban J connectivity index is 2.38. The molecule has 2 aromatic rings. The molecule has 2 aromatic heterocycles. The quantitative estimate of drug-likeness (QED) is 0.849. The standard InChI is InChI=1S/C14H15N3O3S/c1-14(2,12(18)19)21-11-10(5-4-6-15-11)9-7-16-13(20-3)17-8-9/h4-8H,1-3H3,(H,18,19). The van der Waals surface area contributed by atoms with E-state index in [4.69, 9.17) is 4.74 Å². The van der Waals surface area contributed by atoms with Crippen LogP contribution in [-0.4, -0.2) is 37.9 Å². The number of rotatable bonds is 5. The SMILES string of the molecule is COc1ncc(-c2cccnc2SC(C)(C)C(=O)O)cn1. The largest absolute Gasteiger partial charge is 0.480 e. The molecule has 0 saturated carbocycles. The molecule has 21 heavy (non-hydrogen) atoms. The molecule has 0 amide bonds. The predicted molar refractivity (Wildman–Crippen MR) is 79.4 cm³/mol. The zero-order chi connectivity index (χ0) is 15.5. The Morgan fingerprint density at radius 2 is 1.95 bits per heavy atom. The van der Waals surface area contributed by atoms with E-state index < -0.39 is 10.7 Å². The summed E-state index contributed by atoms with van der Waals surface area (Å²) in [5.41, 5.74) is 1.55. The molecule has 0 saturated heterocycles. The lowest BCUT2D eigenvalue weighted by molar-refractivity contribution is -0.138. The molecule has 7 heteroatoms. The van der Waals surface area contributed by atoms with Crippen LogP contribution in [0.15, 0.2) is 35.7 Å². The van der Waals surface area contributed by atoms with E-state index in [9.17, 15) is 9.90 Å². The number of carbonyl (C=O) groups is 1. The van der Waals surface area contributed by atoms with E-state index in [1.54, 1.807) is 38.5 Å². The van der Waals surface area contributed by atoms with E-state index >= 15 is 0 Å². The second-order valence-electron chi connectivity index (χ2n) is 4.73. The normalized spacial score (nSPS) is 11.2. The molecule has 2 rings (SSSR count). The number of aliphatic carboxylic acids is 1. The van der Waals surface area contributed by atoms with Crippen molar-refractivity contribution >= 4 is 17.7 Å². The molecular formula is C14H15N3O3S. The van der Waals surface area contributed by atoms with Gasteiger partial charge in [-0.15, -0.1) is 0 Å².